The van der Waals surface area contributed by atoms with E-state index in [1.165, 1.54) is 17.5 Å². The van der Waals surface area contributed by atoms with Gasteiger partial charge < -0.3 is 10.2 Å². The van der Waals surface area contributed by atoms with E-state index >= 15 is 0 Å². The molecular formula is C14H22N2. The van der Waals surface area contributed by atoms with Crippen molar-refractivity contribution in [2.75, 3.05) is 27.2 Å². The van der Waals surface area contributed by atoms with Gasteiger partial charge in [-0.2, -0.15) is 0 Å². The highest BCUT2D eigenvalue weighted by Gasteiger charge is 2.27. The van der Waals surface area contributed by atoms with Crippen LogP contribution in [0.5, 0.6) is 0 Å². The SMILES string of the molecule is Cc1cccc(C2CNCCC2N(C)C)c1. The largest absolute Gasteiger partial charge is 0.316 e. The Hall–Kier alpha value is -0.860. The number of nitrogens with zero attached hydrogens (tertiary/aromatic N) is 1. The van der Waals surface area contributed by atoms with Crippen LogP contribution in [-0.4, -0.2) is 38.1 Å². The van der Waals surface area contributed by atoms with Crippen LogP contribution in [0, 0.1) is 6.92 Å². The van der Waals surface area contributed by atoms with Gasteiger partial charge in [-0.15, -0.1) is 0 Å². The van der Waals surface area contributed by atoms with Gasteiger partial charge in [0.15, 0.2) is 0 Å². The van der Waals surface area contributed by atoms with E-state index in [9.17, 15) is 0 Å². The molecule has 0 aromatic heterocycles. The lowest BCUT2D eigenvalue weighted by molar-refractivity contribution is 0.209. The molecular weight excluding hydrogens is 196 g/mol. The fourth-order valence-corrected chi connectivity index (χ4v) is 2.70. The summed E-state index contributed by atoms with van der Waals surface area (Å²) in [6.07, 6.45) is 1.24. The van der Waals surface area contributed by atoms with Crippen LogP contribution in [0.25, 0.3) is 0 Å². The predicted molar refractivity (Wildman–Crippen MR) is 68.9 cm³/mol. The maximum absolute atomic E-state index is 3.51. The van der Waals surface area contributed by atoms with Crippen LogP contribution >= 0.6 is 0 Å². The highest BCUT2D eigenvalue weighted by atomic mass is 15.1. The molecule has 0 spiro atoms. The maximum Gasteiger partial charge on any atom is 0.0182 e. The zero-order chi connectivity index (χ0) is 11.5. The Labute approximate surface area is 98.7 Å². The molecule has 2 heteroatoms. The second-order valence-electron chi connectivity index (χ2n) is 5.04. The van der Waals surface area contributed by atoms with Gasteiger partial charge in [0.2, 0.25) is 0 Å². The van der Waals surface area contributed by atoms with Crippen LogP contribution in [-0.2, 0) is 0 Å². The summed E-state index contributed by atoms with van der Waals surface area (Å²) in [6.45, 7) is 4.42. The van der Waals surface area contributed by atoms with Gasteiger partial charge in [0.25, 0.3) is 0 Å². The van der Waals surface area contributed by atoms with Crippen molar-refractivity contribution in [3.8, 4) is 0 Å². The van der Waals surface area contributed by atoms with Gasteiger partial charge in [-0.3, -0.25) is 0 Å². The number of hydrogen-bond donors (Lipinski definition) is 1. The highest BCUT2D eigenvalue weighted by Crippen LogP contribution is 2.27. The van der Waals surface area contributed by atoms with Crippen molar-refractivity contribution in [3.05, 3.63) is 35.4 Å². The summed E-state index contributed by atoms with van der Waals surface area (Å²) in [5.74, 6) is 0.628. The number of likely N-dealkylation sites (N-methyl/N-ethyl adjacent to an activating group) is 1. The first kappa shape index (κ1) is 11.6. The maximum atomic E-state index is 3.51. The van der Waals surface area contributed by atoms with E-state index in [1.54, 1.807) is 0 Å². The zero-order valence-electron chi connectivity index (χ0n) is 10.5. The third-order valence-corrected chi connectivity index (χ3v) is 3.58. The molecule has 2 atom stereocenters. The number of piperidine rings is 1. The van der Waals surface area contributed by atoms with E-state index in [0.717, 1.165) is 13.1 Å². The molecule has 1 N–H and O–H groups in total. The Kier molecular flexibility index (Phi) is 3.62. The highest BCUT2D eigenvalue weighted by molar-refractivity contribution is 5.27. The van der Waals surface area contributed by atoms with Gasteiger partial charge in [-0.05, 0) is 39.5 Å². The summed E-state index contributed by atoms with van der Waals surface area (Å²) < 4.78 is 0. The van der Waals surface area contributed by atoms with E-state index < -0.39 is 0 Å². The Bertz CT molecular complexity index is 346. The summed E-state index contributed by atoms with van der Waals surface area (Å²) in [5, 5.41) is 3.51. The van der Waals surface area contributed by atoms with E-state index in [4.69, 9.17) is 0 Å². The molecule has 0 bridgehead atoms. The standard InChI is InChI=1S/C14H22N2/c1-11-5-4-6-12(9-11)13-10-15-8-7-14(13)16(2)3/h4-6,9,13-15H,7-8,10H2,1-3H3. The quantitative estimate of drug-likeness (QED) is 0.817. The molecule has 16 heavy (non-hydrogen) atoms. The van der Waals surface area contributed by atoms with Gasteiger partial charge in [-0.25, -0.2) is 0 Å². The van der Waals surface area contributed by atoms with Crippen molar-refractivity contribution >= 4 is 0 Å². The van der Waals surface area contributed by atoms with Gasteiger partial charge >= 0.3 is 0 Å². The van der Waals surface area contributed by atoms with E-state index in [1.807, 2.05) is 0 Å². The molecule has 1 fully saturated rings. The van der Waals surface area contributed by atoms with Crippen molar-refractivity contribution in [2.45, 2.75) is 25.3 Å². The molecule has 2 nitrogen and oxygen atoms in total. The molecule has 0 aliphatic carbocycles. The lowest BCUT2D eigenvalue weighted by atomic mass is 9.86. The van der Waals surface area contributed by atoms with Crippen LogP contribution in [0.15, 0.2) is 24.3 Å². The fourth-order valence-electron chi connectivity index (χ4n) is 2.70. The number of aryl methyl sites for hydroxylation is 1. The fraction of sp³-hybridized carbons (Fsp3) is 0.571. The smallest absolute Gasteiger partial charge is 0.0182 e. The molecule has 1 aliphatic heterocycles. The molecule has 2 unspecified atom stereocenters. The average molecular weight is 218 g/mol. The average Bonchev–Trinajstić information content (AvgIpc) is 2.29. The van der Waals surface area contributed by atoms with E-state index in [-0.39, 0.29) is 0 Å². The third kappa shape index (κ3) is 2.45. The molecule has 1 aromatic rings. The molecule has 1 heterocycles. The Balaban J connectivity index is 2.23. The topological polar surface area (TPSA) is 15.3 Å². The molecule has 1 aliphatic rings. The Morgan fingerprint density at radius 2 is 2.12 bits per heavy atom. The van der Waals surface area contributed by atoms with Crippen molar-refractivity contribution in [1.29, 1.82) is 0 Å². The first-order valence-corrected chi connectivity index (χ1v) is 6.12. The van der Waals surface area contributed by atoms with Crippen molar-refractivity contribution in [1.82, 2.24) is 10.2 Å². The lowest BCUT2D eigenvalue weighted by Gasteiger charge is -2.37. The minimum atomic E-state index is 0.628. The normalized spacial score (nSPS) is 26.0. The van der Waals surface area contributed by atoms with Gasteiger partial charge in [-0.1, -0.05) is 29.8 Å². The van der Waals surface area contributed by atoms with Crippen LogP contribution < -0.4 is 5.32 Å². The number of rotatable bonds is 2. The molecule has 0 radical (unpaired) electrons. The molecule has 0 amide bonds. The van der Waals surface area contributed by atoms with E-state index in [2.05, 4.69) is 55.5 Å². The van der Waals surface area contributed by atoms with Crippen LogP contribution in [0.2, 0.25) is 0 Å². The molecule has 0 saturated carbocycles. The molecule has 2 rings (SSSR count). The van der Waals surface area contributed by atoms with Crippen molar-refractivity contribution in [2.24, 2.45) is 0 Å². The first-order chi connectivity index (χ1) is 7.68. The van der Waals surface area contributed by atoms with Crippen molar-refractivity contribution in [3.63, 3.8) is 0 Å². The third-order valence-electron chi connectivity index (χ3n) is 3.58. The summed E-state index contributed by atoms with van der Waals surface area (Å²) in [6, 6.07) is 9.61. The van der Waals surface area contributed by atoms with E-state index in [0.29, 0.717) is 12.0 Å². The summed E-state index contributed by atoms with van der Waals surface area (Å²) in [5.41, 5.74) is 2.84. The summed E-state index contributed by atoms with van der Waals surface area (Å²) in [4.78, 5) is 2.37. The Morgan fingerprint density at radius 3 is 2.81 bits per heavy atom. The Morgan fingerprint density at radius 1 is 1.31 bits per heavy atom. The molecule has 1 saturated heterocycles. The van der Waals surface area contributed by atoms with Gasteiger partial charge in [0, 0.05) is 18.5 Å². The second kappa shape index (κ2) is 4.98. The molecule has 88 valence electrons. The van der Waals surface area contributed by atoms with Crippen molar-refractivity contribution < 1.29 is 0 Å². The predicted octanol–water partition coefficient (Wildman–Crippen LogP) is 2.00. The monoisotopic (exact) mass is 218 g/mol. The van der Waals surface area contributed by atoms with Crippen LogP contribution in [0.4, 0.5) is 0 Å². The van der Waals surface area contributed by atoms with Gasteiger partial charge in [0.05, 0.1) is 0 Å². The van der Waals surface area contributed by atoms with Gasteiger partial charge in [0.1, 0.15) is 0 Å². The van der Waals surface area contributed by atoms with Crippen LogP contribution in [0.3, 0.4) is 0 Å². The number of benzene rings is 1. The first-order valence-electron chi connectivity index (χ1n) is 6.12. The minimum Gasteiger partial charge on any atom is -0.316 e. The lowest BCUT2D eigenvalue weighted by Crippen LogP contribution is -2.45. The molecule has 1 aromatic carbocycles. The minimum absolute atomic E-state index is 0.628. The zero-order valence-corrected chi connectivity index (χ0v) is 10.5. The summed E-state index contributed by atoms with van der Waals surface area (Å²) >= 11 is 0. The number of nitrogens with one attached hydrogen (secondary N) is 1. The second-order valence-corrected chi connectivity index (χ2v) is 5.04. The summed E-state index contributed by atoms with van der Waals surface area (Å²) in [7, 11) is 4.39. The van der Waals surface area contributed by atoms with Crippen LogP contribution in [0.1, 0.15) is 23.5 Å². The number of hydrogen-bond acceptors (Lipinski definition) is 2.